The number of carbonyl (C=O) groups is 1. The molecule has 3 nitrogen and oxygen atoms in total. The third-order valence-corrected chi connectivity index (χ3v) is 2.65. The number of rotatable bonds is 4. The summed E-state index contributed by atoms with van der Waals surface area (Å²) in [4.78, 5) is 9.76. The standard InChI is InChI=1S/C12H9O.C5H10O2.Pd/c13-12-9-5-4-8-11(12)10-6-2-1-3-7-10;1-2-3-4-5(6)7;/h1-6,8-9,13H;2-4H2,1H3,(H,6,7);/q-1;;+1. The van der Waals surface area contributed by atoms with Crippen LogP contribution in [0.5, 0.6) is 5.75 Å². The molecule has 2 aromatic carbocycles. The van der Waals surface area contributed by atoms with E-state index in [1.807, 2.05) is 49.4 Å². The molecule has 2 aromatic rings. The van der Waals surface area contributed by atoms with Crippen molar-refractivity contribution < 1.29 is 35.4 Å². The quantitative estimate of drug-likeness (QED) is 0.622. The Hall–Kier alpha value is -1.63. The van der Waals surface area contributed by atoms with Gasteiger partial charge in [0.05, 0.1) is 5.75 Å². The molecule has 2 rings (SSSR count). The first-order valence-corrected chi connectivity index (χ1v) is 6.62. The molecule has 0 aromatic heterocycles. The fourth-order valence-corrected chi connectivity index (χ4v) is 1.59. The van der Waals surface area contributed by atoms with Gasteiger partial charge in [0.2, 0.25) is 0 Å². The molecule has 4 heteroatoms. The molecule has 1 radical (unpaired) electrons. The third kappa shape index (κ3) is 7.65. The number of carboxylic acids is 1. The van der Waals surface area contributed by atoms with Crippen LogP contribution in [0.1, 0.15) is 26.2 Å². The van der Waals surface area contributed by atoms with Gasteiger partial charge in [-0.2, -0.15) is 0 Å². The Labute approximate surface area is 139 Å². The van der Waals surface area contributed by atoms with Crippen LogP contribution in [0.15, 0.2) is 48.5 Å². The predicted molar refractivity (Wildman–Crippen MR) is 79.5 cm³/mol. The van der Waals surface area contributed by atoms with E-state index < -0.39 is 5.97 Å². The Bertz CT molecular complexity index is 527. The van der Waals surface area contributed by atoms with Gasteiger partial charge >= 0.3 is 26.4 Å². The molecule has 0 saturated heterocycles. The smallest absolute Gasteiger partial charge is 0.517 e. The Morgan fingerprint density at radius 1 is 1.14 bits per heavy atom. The maximum atomic E-state index is 9.76. The summed E-state index contributed by atoms with van der Waals surface area (Å²) in [5.41, 5.74) is 1.74. The van der Waals surface area contributed by atoms with Crippen molar-refractivity contribution in [3.8, 4) is 16.9 Å². The van der Waals surface area contributed by atoms with Crippen LogP contribution in [-0.2, 0) is 25.2 Å². The first kappa shape index (κ1) is 19.4. The second-order valence-electron chi connectivity index (χ2n) is 4.29. The van der Waals surface area contributed by atoms with Crippen LogP contribution in [0, 0.1) is 6.07 Å². The Morgan fingerprint density at radius 2 is 1.81 bits per heavy atom. The zero-order valence-electron chi connectivity index (χ0n) is 11.9. The third-order valence-electron chi connectivity index (χ3n) is 2.65. The van der Waals surface area contributed by atoms with Gasteiger partial charge in [0.15, 0.2) is 0 Å². The van der Waals surface area contributed by atoms with Gasteiger partial charge in [-0.05, 0) is 12.5 Å². The molecule has 21 heavy (non-hydrogen) atoms. The van der Waals surface area contributed by atoms with Crippen molar-refractivity contribution in [2.24, 2.45) is 0 Å². The first-order valence-electron chi connectivity index (χ1n) is 6.62. The van der Waals surface area contributed by atoms with Gasteiger partial charge in [0.1, 0.15) is 0 Å². The van der Waals surface area contributed by atoms with Crippen LogP contribution in [0.2, 0.25) is 0 Å². The molecule has 0 aliphatic rings. The molecular formula is C17H19O3Pd. The number of benzene rings is 2. The zero-order valence-corrected chi connectivity index (χ0v) is 13.4. The molecule has 0 spiro atoms. The molecule has 0 unspecified atom stereocenters. The summed E-state index contributed by atoms with van der Waals surface area (Å²) < 4.78 is 0. The van der Waals surface area contributed by atoms with E-state index in [0.29, 0.717) is 12.2 Å². The maximum Gasteiger partial charge on any atom is 1.00 e. The summed E-state index contributed by atoms with van der Waals surface area (Å²) in [6.45, 7) is 1.98. The number of hydrogen-bond donors (Lipinski definition) is 2. The Kier molecular flexibility index (Phi) is 10.2. The number of phenols is 1. The first-order chi connectivity index (χ1) is 9.65. The molecule has 115 valence electrons. The molecule has 0 amide bonds. The molecule has 0 aliphatic carbocycles. The van der Waals surface area contributed by atoms with Crippen LogP contribution in [0.3, 0.4) is 0 Å². The largest absolute Gasteiger partial charge is 1.00 e. The molecular weight excluding hydrogens is 359 g/mol. The van der Waals surface area contributed by atoms with E-state index >= 15 is 0 Å². The second-order valence-corrected chi connectivity index (χ2v) is 4.29. The van der Waals surface area contributed by atoms with Crippen molar-refractivity contribution in [3.05, 3.63) is 54.6 Å². The zero-order chi connectivity index (χ0) is 14.8. The van der Waals surface area contributed by atoms with Gasteiger partial charge in [-0.3, -0.25) is 4.79 Å². The number of hydrogen-bond acceptors (Lipinski definition) is 2. The fourth-order valence-electron chi connectivity index (χ4n) is 1.59. The molecule has 2 N–H and O–H groups in total. The van der Waals surface area contributed by atoms with Crippen LogP contribution < -0.4 is 0 Å². The summed E-state index contributed by atoms with van der Waals surface area (Å²) in [5, 5.41) is 17.6. The SMILES string of the molecule is CCCCC(=O)O.Oc1ccccc1-c1[c-]cccc1.[Pd+]. The average Bonchev–Trinajstić information content (AvgIpc) is 2.47. The van der Waals surface area contributed by atoms with Gasteiger partial charge in [0.25, 0.3) is 0 Å². The van der Waals surface area contributed by atoms with Crippen LogP contribution in [-0.4, -0.2) is 16.2 Å². The summed E-state index contributed by atoms with van der Waals surface area (Å²) in [5.74, 6) is -0.396. The van der Waals surface area contributed by atoms with E-state index in [1.54, 1.807) is 6.07 Å². The van der Waals surface area contributed by atoms with Crippen molar-refractivity contribution in [2.45, 2.75) is 26.2 Å². The molecule has 0 saturated carbocycles. The van der Waals surface area contributed by atoms with Crippen molar-refractivity contribution in [2.75, 3.05) is 0 Å². The number of aliphatic carboxylic acids is 1. The summed E-state index contributed by atoms with van der Waals surface area (Å²) in [6.07, 6.45) is 2.08. The minimum absolute atomic E-state index is 0. The summed E-state index contributed by atoms with van der Waals surface area (Å²) in [6, 6.07) is 17.9. The van der Waals surface area contributed by atoms with E-state index in [1.165, 1.54) is 0 Å². The van der Waals surface area contributed by atoms with E-state index in [9.17, 15) is 9.90 Å². The molecule has 0 bridgehead atoms. The normalized spacial score (nSPS) is 9.00. The van der Waals surface area contributed by atoms with Crippen molar-refractivity contribution >= 4 is 5.97 Å². The topological polar surface area (TPSA) is 57.5 Å². The van der Waals surface area contributed by atoms with E-state index in [4.69, 9.17) is 5.11 Å². The molecule has 0 aliphatic heterocycles. The van der Waals surface area contributed by atoms with Gasteiger partial charge in [-0.1, -0.05) is 37.1 Å². The Balaban J connectivity index is 0.000000436. The number of phenolic OH excluding ortho intramolecular Hbond substituents is 1. The van der Waals surface area contributed by atoms with Crippen molar-refractivity contribution in [1.29, 1.82) is 0 Å². The van der Waals surface area contributed by atoms with Gasteiger partial charge < -0.3 is 10.2 Å². The van der Waals surface area contributed by atoms with Crippen LogP contribution >= 0.6 is 0 Å². The number of unbranched alkanes of at least 4 members (excludes halogenated alkanes) is 1. The van der Waals surface area contributed by atoms with E-state index in [0.717, 1.165) is 24.0 Å². The van der Waals surface area contributed by atoms with E-state index in [2.05, 4.69) is 6.07 Å². The Morgan fingerprint density at radius 3 is 2.29 bits per heavy atom. The summed E-state index contributed by atoms with van der Waals surface area (Å²) in [7, 11) is 0. The van der Waals surface area contributed by atoms with Gasteiger partial charge in [-0.15, -0.1) is 35.9 Å². The monoisotopic (exact) mass is 377 g/mol. The van der Waals surface area contributed by atoms with Crippen molar-refractivity contribution in [3.63, 3.8) is 0 Å². The molecule has 0 heterocycles. The minimum Gasteiger partial charge on any atom is -0.517 e. The van der Waals surface area contributed by atoms with E-state index in [-0.39, 0.29) is 20.4 Å². The number of carboxylic acid groups (broad SMARTS) is 1. The maximum absolute atomic E-state index is 9.76. The fraction of sp³-hybridized carbons (Fsp3) is 0.235. The second kappa shape index (κ2) is 11.1. The molecule has 0 fully saturated rings. The predicted octanol–water partition coefficient (Wildman–Crippen LogP) is 4.12. The van der Waals surface area contributed by atoms with Crippen LogP contribution in [0.4, 0.5) is 0 Å². The van der Waals surface area contributed by atoms with Gasteiger partial charge in [0, 0.05) is 6.42 Å². The minimum atomic E-state index is -0.693. The van der Waals surface area contributed by atoms with Gasteiger partial charge in [-0.25, -0.2) is 0 Å². The number of aromatic hydroxyl groups is 1. The van der Waals surface area contributed by atoms with Crippen molar-refractivity contribution in [1.82, 2.24) is 0 Å². The van der Waals surface area contributed by atoms with Crippen LogP contribution in [0.25, 0.3) is 11.1 Å². The summed E-state index contributed by atoms with van der Waals surface area (Å²) >= 11 is 0. The number of para-hydroxylation sites is 1. The molecule has 0 atom stereocenters. The average molecular weight is 378 g/mol.